The van der Waals surface area contributed by atoms with Crippen LogP contribution >= 0.6 is 11.6 Å². The molecule has 0 aromatic heterocycles. The summed E-state index contributed by atoms with van der Waals surface area (Å²) in [5.74, 6) is -1.56. The number of amides is 2. The fraction of sp³-hybridized carbons (Fsp3) is 0.391. The summed E-state index contributed by atoms with van der Waals surface area (Å²) in [5.41, 5.74) is 2.45. The zero-order valence-corrected chi connectivity index (χ0v) is 18.0. The molecule has 164 valence electrons. The maximum absolute atomic E-state index is 13.3. The summed E-state index contributed by atoms with van der Waals surface area (Å²) in [6.07, 6.45) is 0.795. The van der Waals surface area contributed by atoms with Crippen molar-refractivity contribution in [2.75, 3.05) is 50.8 Å². The van der Waals surface area contributed by atoms with Crippen molar-refractivity contribution in [3.8, 4) is 0 Å². The first-order valence-corrected chi connectivity index (χ1v) is 10.8. The number of rotatable bonds is 6. The Morgan fingerprint density at radius 3 is 2.48 bits per heavy atom. The molecule has 0 atom stereocenters. The van der Waals surface area contributed by atoms with Crippen LogP contribution in [-0.2, 0) is 27.3 Å². The van der Waals surface area contributed by atoms with Crippen molar-refractivity contribution in [1.82, 2.24) is 9.80 Å². The zero-order valence-electron chi connectivity index (χ0n) is 17.2. The number of para-hydroxylation sites is 1. The summed E-state index contributed by atoms with van der Waals surface area (Å²) in [4.78, 5) is 31.1. The quantitative estimate of drug-likeness (QED) is 0.642. The number of morpholine rings is 1. The Hall–Kier alpha value is -2.48. The highest BCUT2D eigenvalue weighted by Gasteiger charge is 2.34. The van der Waals surface area contributed by atoms with Crippen molar-refractivity contribution in [3.63, 3.8) is 0 Å². The Labute approximate surface area is 186 Å². The van der Waals surface area contributed by atoms with Crippen LogP contribution in [-0.4, -0.2) is 67.6 Å². The lowest BCUT2D eigenvalue weighted by Gasteiger charge is -2.35. The number of benzene rings is 2. The number of hydrogen-bond donors (Lipinski definition) is 0. The van der Waals surface area contributed by atoms with Gasteiger partial charge in [0.05, 0.1) is 13.2 Å². The van der Waals surface area contributed by atoms with Gasteiger partial charge < -0.3 is 14.5 Å². The Balaban J connectivity index is 1.44. The molecule has 2 aromatic rings. The van der Waals surface area contributed by atoms with E-state index in [0.717, 1.165) is 50.5 Å². The SMILES string of the molecule is O=C1C(=O)N(c2ccccc2CCN2CCOCC2)CCN1Cc1ccc(F)cc1Cl. The Morgan fingerprint density at radius 2 is 1.71 bits per heavy atom. The molecular weight excluding hydrogens is 421 g/mol. The smallest absolute Gasteiger partial charge is 0.316 e. The van der Waals surface area contributed by atoms with E-state index in [1.54, 1.807) is 11.0 Å². The number of carbonyl (C=O) groups is 2. The Morgan fingerprint density at radius 1 is 0.935 bits per heavy atom. The van der Waals surface area contributed by atoms with Gasteiger partial charge in [0.25, 0.3) is 0 Å². The average molecular weight is 446 g/mol. The summed E-state index contributed by atoms with van der Waals surface area (Å²) < 4.78 is 18.7. The maximum Gasteiger partial charge on any atom is 0.316 e. The second kappa shape index (κ2) is 9.77. The second-order valence-corrected chi connectivity index (χ2v) is 8.16. The Bertz CT molecular complexity index is 965. The molecule has 2 amide bonds. The molecule has 31 heavy (non-hydrogen) atoms. The standard InChI is InChI=1S/C23H25ClFN3O3/c24-20-15-19(25)6-5-18(20)16-27-9-10-28(23(30)22(27)29)21-4-2-1-3-17(21)7-8-26-11-13-31-14-12-26/h1-6,15H,7-14,16H2. The normalized spacial score (nSPS) is 18.0. The summed E-state index contributed by atoms with van der Waals surface area (Å²) >= 11 is 6.09. The van der Waals surface area contributed by atoms with E-state index in [4.69, 9.17) is 16.3 Å². The van der Waals surface area contributed by atoms with Crippen molar-refractivity contribution < 1.29 is 18.7 Å². The summed E-state index contributed by atoms with van der Waals surface area (Å²) in [7, 11) is 0. The van der Waals surface area contributed by atoms with Crippen LogP contribution in [0, 0.1) is 5.82 Å². The maximum atomic E-state index is 13.3. The second-order valence-electron chi connectivity index (χ2n) is 7.75. The molecule has 8 heteroatoms. The van der Waals surface area contributed by atoms with Crippen molar-refractivity contribution in [2.24, 2.45) is 0 Å². The number of nitrogens with zero attached hydrogens (tertiary/aromatic N) is 3. The van der Waals surface area contributed by atoms with Gasteiger partial charge >= 0.3 is 11.8 Å². The van der Waals surface area contributed by atoms with Crippen molar-refractivity contribution in [2.45, 2.75) is 13.0 Å². The van der Waals surface area contributed by atoms with Crippen LogP contribution in [0.5, 0.6) is 0 Å². The van der Waals surface area contributed by atoms with Crippen molar-refractivity contribution in [3.05, 3.63) is 64.4 Å². The van der Waals surface area contributed by atoms with Crippen LogP contribution in [0.4, 0.5) is 10.1 Å². The van der Waals surface area contributed by atoms with Crippen LogP contribution in [0.25, 0.3) is 0 Å². The van der Waals surface area contributed by atoms with Gasteiger partial charge in [-0.25, -0.2) is 4.39 Å². The van der Waals surface area contributed by atoms with E-state index in [2.05, 4.69) is 4.90 Å². The molecule has 2 aromatic carbocycles. The number of piperazine rings is 1. The monoisotopic (exact) mass is 445 g/mol. The molecule has 2 saturated heterocycles. The molecule has 4 rings (SSSR count). The van der Waals surface area contributed by atoms with E-state index in [0.29, 0.717) is 18.7 Å². The molecular formula is C23H25ClFN3O3. The van der Waals surface area contributed by atoms with E-state index < -0.39 is 17.6 Å². The summed E-state index contributed by atoms with van der Waals surface area (Å²) in [6.45, 7) is 5.15. The highest BCUT2D eigenvalue weighted by atomic mass is 35.5. The lowest BCUT2D eigenvalue weighted by molar-refractivity contribution is -0.146. The van der Waals surface area contributed by atoms with E-state index in [1.165, 1.54) is 17.0 Å². The average Bonchev–Trinajstić information content (AvgIpc) is 2.78. The van der Waals surface area contributed by atoms with Gasteiger partial charge in [0, 0.05) is 50.0 Å². The largest absolute Gasteiger partial charge is 0.379 e. The van der Waals surface area contributed by atoms with E-state index in [9.17, 15) is 14.0 Å². The molecule has 2 aliphatic heterocycles. The predicted molar refractivity (Wildman–Crippen MR) is 117 cm³/mol. The molecule has 2 fully saturated rings. The van der Waals surface area contributed by atoms with Crippen molar-refractivity contribution >= 4 is 29.1 Å². The molecule has 0 N–H and O–H groups in total. The zero-order chi connectivity index (χ0) is 21.8. The topological polar surface area (TPSA) is 53.1 Å². The minimum atomic E-state index is -0.574. The van der Waals surface area contributed by atoms with Crippen LogP contribution < -0.4 is 4.90 Å². The molecule has 0 unspecified atom stereocenters. The van der Waals surface area contributed by atoms with Gasteiger partial charge in [-0.2, -0.15) is 0 Å². The molecule has 0 aliphatic carbocycles. The fourth-order valence-electron chi connectivity index (χ4n) is 4.00. The first-order valence-electron chi connectivity index (χ1n) is 10.5. The molecule has 0 bridgehead atoms. The van der Waals surface area contributed by atoms with Crippen molar-refractivity contribution in [1.29, 1.82) is 0 Å². The van der Waals surface area contributed by atoms with Gasteiger partial charge in [-0.05, 0) is 35.7 Å². The van der Waals surface area contributed by atoms with Crippen LogP contribution in [0.3, 0.4) is 0 Å². The van der Waals surface area contributed by atoms with Gasteiger partial charge in [0.2, 0.25) is 0 Å². The third-order valence-corrected chi connectivity index (χ3v) is 6.12. The number of ether oxygens (including phenoxy) is 1. The molecule has 2 aliphatic rings. The van der Waals surface area contributed by atoms with E-state index in [-0.39, 0.29) is 11.6 Å². The molecule has 6 nitrogen and oxygen atoms in total. The first-order chi connectivity index (χ1) is 15.0. The lowest BCUT2D eigenvalue weighted by atomic mass is 10.1. The summed E-state index contributed by atoms with van der Waals surface area (Å²) in [5, 5.41) is 0.246. The molecule has 0 radical (unpaired) electrons. The summed E-state index contributed by atoms with van der Waals surface area (Å²) in [6, 6.07) is 11.8. The predicted octanol–water partition coefficient (Wildman–Crippen LogP) is 2.73. The van der Waals surface area contributed by atoms with Gasteiger partial charge in [0.1, 0.15) is 5.82 Å². The molecule has 2 heterocycles. The number of carbonyl (C=O) groups excluding carboxylic acids is 2. The number of hydrogen-bond acceptors (Lipinski definition) is 4. The lowest BCUT2D eigenvalue weighted by Crippen LogP contribution is -2.54. The third-order valence-electron chi connectivity index (χ3n) is 5.77. The van der Waals surface area contributed by atoms with E-state index >= 15 is 0 Å². The van der Waals surface area contributed by atoms with Gasteiger partial charge in [-0.15, -0.1) is 0 Å². The Kier molecular flexibility index (Phi) is 6.85. The molecule has 0 spiro atoms. The minimum Gasteiger partial charge on any atom is -0.379 e. The van der Waals surface area contributed by atoms with Gasteiger partial charge in [-0.3, -0.25) is 14.5 Å². The third kappa shape index (κ3) is 5.06. The van der Waals surface area contributed by atoms with Gasteiger partial charge in [0.15, 0.2) is 0 Å². The number of halogens is 2. The highest BCUT2D eigenvalue weighted by Crippen LogP contribution is 2.25. The highest BCUT2D eigenvalue weighted by molar-refractivity contribution is 6.41. The molecule has 0 saturated carbocycles. The van der Waals surface area contributed by atoms with Crippen LogP contribution in [0.1, 0.15) is 11.1 Å². The van der Waals surface area contributed by atoms with Gasteiger partial charge in [-0.1, -0.05) is 35.9 Å². The minimum absolute atomic E-state index is 0.177. The first kappa shape index (κ1) is 21.7. The van der Waals surface area contributed by atoms with E-state index in [1.807, 2.05) is 24.3 Å². The van der Waals surface area contributed by atoms with Crippen LogP contribution in [0.15, 0.2) is 42.5 Å². The number of anilines is 1. The fourth-order valence-corrected chi connectivity index (χ4v) is 4.23. The van der Waals surface area contributed by atoms with Crippen LogP contribution in [0.2, 0.25) is 5.02 Å².